The van der Waals surface area contributed by atoms with Gasteiger partial charge in [0.2, 0.25) is 0 Å². The number of halogens is 1. The Balaban J connectivity index is 0.00000156. The van der Waals surface area contributed by atoms with Crippen LogP contribution in [0.1, 0.15) is 24.1 Å². The van der Waals surface area contributed by atoms with Crippen molar-refractivity contribution in [3.63, 3.8) is 0 Å². The van der Waals surface area contributed by atoms with Crippen molar-refractivity contribution in [1.29, 1.82) is 0 Å². The minimum Gasteiger partial charge on any atom is -0.316 e. The van der Waals surface area contributed by atoms with Crippen LogP contribution >= 0.6 is 12.4 Å². The molecule has 2 aromatic heterocycles. The lowest BCUT2D eigenvalue weighted by atomic mass is 9.87. The van der Waals surface area contributed by atoms with Gasteiger partial charge in [0.05, 0.1) is 18.4 Å². The molecule has 0 amide bonds. The maximum absolute atomic E-state index is 4.33. The molecule has 2 aromatic rings. The molecule has 6 nitrogen and oxygen atoms in total. The van der Waals surface area contributed by atoms with Gasteiger partial charge in [0.15, 0.2) is 0 Å². The molecule has 1 atom stereocenters. The van der Waals surface area contributed by atoms with E-state index in [9.17, 15) is 0 Å². The summed E-state index contributed by atoms with van der Waals surface area (Å²) in [5.74, 6) is 0. The van der Waals surface area contributed by atoms with Gasteiger partial charge in [-0.25, -0.2) is 4.68 Å². The molecule has 7 heteroatoms. The van der Waals surface area contributed by atoms with Gasteiger partial charge in [0.25, 0.3) is 0 Å². The first-order valence-electron chi connectivity index (χ1n) is 8.02. The zero-order valence-corrected chi connectivity index (χ0v) is 14.0. The summed E-state index contributed by atoms with van der Waals surface area (Å²) in [5.41, 5.74) is 2.73. The van der Waals surface area contributed by atoms with Gasteiger partial charge in [-0.05, 0) is 43.0 Å². The lowest BCUT2D eigenvalue weighted by Crippen LogP contribution is -2.29. The first-order chi connectivity index (χ1) is 10.8. The SMILES string of the molecule is Cl.c1cncc(Cn2cc(CN3CCC4(CCNC4)C3)nn2)c1. The van der Waals surface area contributed by atoms with E-state index in [2.05, 4.69) is 37.8 Å². The number of pyridine rings is 1. The largest absolute Gasteiger partial charge is 0.316 e. The number of aromatic nitrogens is 4. The molecule has 0 bridgehead atoms. The summed E-state index contributed by atoms with van der Waals surface area (Å²) in [6.07, 6.45) is 8.35. The van der Waals surface area contributed by atoms with Crippen molar-refractivity contribution in [3.05, 3.63) is 42.0 Å². The zero-order valence-electron chi connectivity index (χ0n) is 13.2. The lowest BCUT2D eigenvalue weighted by Gasteiger charge is -2.22. The number of nitrogens with one attached hydrogen (secondary N) is 1. The third-order valence-corrected chi connectivity index (χ3v) is 4.89. The van der Waals surface area contributed by atoms with Crippen molar-refractivity contribution in [2.45, 2.75) is 25.9 Å². The number of hydrogen-bond donors (Lipinski definition) is 1. The van der Waals surface area contributed by atoms with E-state index in [1.165, 1.54) is 39.0 Å². The van der Waals surface area contributed by atoms with E-state index in [4.69, 9.17) is 0 Å². The Morgan fingerprint density at radius 3 is 3.00 bits per heavy atom. The molecular weight excluding hydrogens is 312 g/mol. The molecule has 1 unspecified atom stereocenters. The second-order valence-electron chi connectivity index (χ2n) is 6.66. The second kappa shape index (κ2) is 6.95. The summed E-state index contributed by atoms with van der Waals surface area (Å²) in [6.45, 7) is 6.36. The van der Waals surface area contributed by atoms with Gasteiger partial charge in [-0.15, -0.1) is 17.5 Å². The number of likely N-dealkylation sites (tertiary alicyclic amines) is 1. The highest BCUT2D eigenvalue weighted by Gasteiger charge is 2.40. The minimum absolute atomic E-state index is 0. The minimum atomic E-state index is 0. The van der Waals surface area contributed by atoms with Crippen LogP contribution in [0.15, 0.2) is 30.7 Å². The predicted octanol–water partition coefficient (Wildman–Crippen LogP) is 1.33. The molecule has 2 aliphatic rings. The molecule has 2 aliphatic heterocycles. The Labute approximate surface area is 142 Å². The topological polar surface area (TPSA) is 58.9 Å². The molecule has 2 saturated heterocycles. The third-order valence-electron chi connectivity index (χ3n) is 4.89. The third kappa shape index (κ3) is 3.71. The van der Waals surface area contributed by atoms with Gasteiger partial charge in [-0.2, -0.15) is 0 Å². The summed E-state index contributed by atoms with van der Waals surface area (Å²) < 4.78 is 1.90. The molecule has 4 rings (SSSR count). The van der Waals surface area contributed by atoms with Crippen molar-refractivity contribution in [2.75, 3.05) is 26.2 Å². The van der Waals surface area contributed by atoms with Crippen LogP contribution < -0.4 is 5.32 Å². The first kappa shape index (κ1) is 16.4. The van der Waals surface area contributed by atoms with E-state index in [1.54, 1.807) is 6.20 Å². The predicted molar refractivity (Wildman–Crippen MR) is 90.4 cm³/mol. The van der Waals surface area contributed by atoms with Crippen molar-refractivity contribution in [1.82, 2.24) is 30.2 Å². The van der Waals surface area contributed by atoms with Crippen LogP contribution in [0.4, 0.5) is 0 Å². The summed E-state index contributed by atoms with van der Waals surface area (Å²) in [6, 6.07) is 4.01. The normalized spacial score (nSPS) is 24.2. The van der Waals surface area contributed by atoms with Crippen molar-refractivity contribution < 1.29 is 0 Å². The summed E-state index contributed by atoms with van der Waals surface area (Å²) in [5, 5.41) is 12.1. The van der Waals surface area contributed by atoms with Gasteiger partial charge < -0.3 is 5.32 Å². The fourth-order valence-corrected chi connectivity index (χ4v) is 3.70. The van der Waals surface area contributed by atoms with E-state index >= 15 is 0 Å². The van der Waals surface area contributed by atoms with E-state index in [0.717, 1.165) is 24.3 Å². The molecule has 2 fully saturated rings. The highest BCUT2D eigenvalue weighted by atomic mass is 35.5. The maximum Gasteiger partial charge on any atom is 0.0967 e. The Morgan fingerprint density at radius 1 is 1.26 bits per heavy atom. The lowest BCUT2D eigenvalue weighted by molar-refractivity contribution is 0.266. The smallest absolute Gasteiger partial charge is 0.0967 e. The van der Waals surface area contributed by atoms with E-state index < -0.39 is 0 Å². The Morgan fingerprint density at radius 2 is 2.22 bits per heavy atom. The van der Waals surface area contributed by atoms with E-state index in [0.29, 0.717) is 5.41 Å². The molecule has 0 aliphatic carbocycles. The molecule has 23 heavy (non-hydrogen) atoms. The maximum atomic E-state index is 4.33. The number of nitrogens with zero attached hydrogens (tertiary/aromatic N) is 5. The number of hydrogen-bond acceptors (Lipinski definition) is 5. The Kier molecular flexibility index (Phi) is 4.94. The van der Waals surface area contributed by atoms with Crippen molar-refractivity contribution in [2.24, 2.45) is 5.41 Å². The highest BCUT2D eigenvalue weighted by Crippen LogP contribution is 2.36. The first-order valence-corrected chi connectivity index (χ1v) is 8.02. The molecule has 1 spiro atoms. The van der Waals surface area contributed by atoms with Crippen LogP contribution in [0.25, 0.3) is 0 Å². The van der Waals surface area contributed by atoms with Gasteiger partial charge in [0, 0.05) is 32.0 Å². The quantitative estimate of drug-likeness (QED) is 0.914. The van der Waals surface area contributed by atoms with Crippen LogP contribution in [0.5, 0.6) is 0 Å². The van der Waals surface area contributed by atoms with Crippen molar-refractivity contribution >= 4 is 12.4 Å². The zero-order chi connectivity index (χ0) is 14.8. The molecule has 1 N–H and O–H groups in total. The fraction of sp³-hybridized carbons (Fsp3) is 0.562. The Bertz CT molecular complexity index is 623. The highest BCUT2D eigenvalue weighted by molar-refractivity contribution is 5.85. The van der Waals surface area contributed by atoms with Crippen molar-refractivity contribution in [3.8, 4) is 0 Å². The second-order valence-corrected chi connectivity index (χ2v) is 6.66. The van der Waals surface area contributed by atoms with E-state index in [-0.39, 0.29) is 12.4 Å². The van der Waals surface area contributed by atoms with Gasteiger partial charge in [0.1, 0.15) is 0 Å². The molecule has 124 valence electrons. The standard InChI is InChI=1S/C16H22N6.ClH/c1-2-14(8-17-5-1)9-22-11-15(19-20-22)10-21-7-4-16(13-21)3-6-18-12-16;/h1-2,5,8,11,18H,3-4,6-7,9-10,12-13H2;1H. The molecule has 4 heterocycles. The average Bonchev–Trinajstić information content (AvgIpc) is 3.25. The average molecular weight is 335 g/mol. The monoisotopic (exact) mass is 334 g/mol. The number of rotatable bonds is 4. The summed E-state index contributed by atoms with van der Waals surface area (Å²) in [4.78, 5) is 6.66. The molecule has 0 aromatic carbocycles. The molecular formula is C16H23ClN6. The molecule has 0 saturated carbocycles. The van der Waals surface area contributed by atoms with Gasteiger partial charge in [-0.3, -0.25) is 9.88 Å². The van der Waals surface area contributed by atoms with Crippen LogP contribution in [0.2, 0.25) is 0 Å². The van der Waals surface area contributed by atoms with E-state index in [1.807, 2.05) is 16.9 Å². The van der Waals surface area contributed by atoms with Crippen LogP contribution in [-0.4, -0.2) is 51.1 Å². The summed E-state index contributed by atoms with van der Waals surface area (Å²) in [7, 11) is 0. The molecule has 0 radical (unpaired) electrons. The fourth-order valence-electron chi connectivity index (χ4n) is 3.70. The van der Waals surface area contributed by atoms with Crippen LogP contribution in [0, 0.1) is 5.41 Å². The summed E-state index contributed by atoms with van der Waals surface area (Å²) >= 11 is 0. The van der Waals surface area contributed by atoms with Gasteiger partial charge >= 0.3 is 0 Å². The van der Waals surface area contributed by atoms with Gasteiger partial charge in [-0.1, -0.05) is 11.3 Å². The van der Waals surface area contributed by atoms with Crippen LogP contribution in [0.3, 0.4) is 0 Å². The Hall–Kier alpha value is -1.50. The van der Waals surface area contributed by atoms with Crippen LogP contribution in [-0.2, 0) is 13.1 Å².